The lowest BCUT2D eigenvalue weighted by atomic mass is 10.0. The fourth-order valence-electron chi connectivity index (χ4n) is 4.98. The maximum atomic E-state index is 14.8. The number of anilines is 1. The number of hydrogen-bond donors (Lipinski definition) is 1. The van der Waals surface area contributed by atoms with Crippen molar-refractivity contribution in [3.63, 3.8) is 0 Å². The lowest BCUT2D eigenvalue weighted by Crippen LogP contribution is -2.54. The minimum atomic E-state index is -3.95. The molecule has 1 N–H and O–H groups in total. The second-order valence-corrected chi connectivity index (χ2v) is 12.3. The molecule has 1 atom stereocenters. The quantitative estimate of drug-likeness (QED) is 0.345. The van der Waals surface area contributed by atoms with Gasteiger partial charge in [-0.05, 0) is 36.6 Å². The molecule has 7 nitrogen and oxygen atoms in total. The van der Waals surface area contributed by atoms with Crippen LogP contribution in [-0.2, 0) is 32.6 Å². The number of carbonyl (C=O) groups is 2. The van der Waals surface area contributed by atoms with Crippen molar-refractivity contribution in [2.75, 3.05) is 17.1 Å². The number of nitrogens with one attached hydrogen (secondary N) is 1. The molecule has 2 amide bonds. The Morgan fingerprint density at radius 3 is 2.25 bits per heavy atom. The smallest absolute Gasteiger partial charge is 0.244 e. The Balaban J connectivity index is 1.74. The highest BCUT2D eigenvalue weighted by Crippen LogP contribution is 2.28. The van der Waals surface area contributed by atoms with E-state index in [9.17, 15) is 22.4 Å². The first-order chi connectivity index (χ1) is 19.1. The van der Waals surface area contributed by atoms with Gasteiger partial charge in [-0.1, -0.05) is 85.1 Å². The fourth-order valence-corrected chi connectivity index (χ4v) is 6.13. The number of carbonyl (C=O) groups excluding carboxylic acids is 2. The maximum absolute atomic E-state index is 14.8. The largest absolute Gasteiger partial charge is 0.352 e. The SMILES string of the molecule is CS(=O)(=O)N(CC(=O)N(Cc1ccccc1F)[C@@H](Cc1ccccc1)C(=O)NC1CCCC1)c1ccccc1Cl. The van der Waals surface area contributed by atoms with E-state index in [1.54, 1.807) is 30.3 Å². The van der Waals surface area contributed by atoms with Gasteiger partial charge in [0.1, 0.15) is 18.4 Å². The summed E-state index contributed by atoms with van der Waals surface area (Å²) in [5, 5.41) is 3.23. The highest BCUT2D eigenvalue weighted by atomic mass is 35.5. The minimum absolute atomic E-state index is 0.00756. The van der Waals surface area contributed by atoms with E-state index >= 15 is 0 Å². The van der Waals surface area contributed by atoms with Crippen molar-refractivity contribution >= 4 is 39.1 Å². The van der Waals surface area contributed by atoms with Gasteiger partial charge in [0.15, 0.2) is 0 Å². The molecule has 3 aromatic rings. The van der Waals surface area contributed by atoms with Crippen LogP contribution < -0.4 is 9.62 Å². The van der Waals surface area contributed by atoms with Gasteiger partial charge in [0.2, 0.25) is 21.8 Å². The number of hydrogen-bond acceptors (Lipinski definition) is 4. The molecular weight excluding hydrogens is 553 g/mol. The van der Waals surface area contributed by atoms with Crippen molar-refractivity contribution in [3.8, 4) is 0 Å². The normalized spacial score (nSPS) is 14.5. The van der Waals surface area contributed by atoms with Gasteiger partial charge in [0.25, 0.3) is 0 Å². The third-order valence-electron chi connectivity index (χ3n) is 7.07. The summed E-state index contributed by atoms with van der Waals surface area (Å²) in [7, 11) is -3.95. The Hall–Kier alpha value is -3.43. The van der Waals surface area contributed by atoms with Gasteiger partial charge in [-0.2, -0.15) is 0 Å². The Morgan fingerprint density at radius 1 is 0.975 bits per heavy atom. The predicted octanol–water partition coefficient (Wildman–Crippen LogP) is 4.94. The highest BCUT2D eigenvalue weighted by molar-refractivity contribution is 7.92. The monoisotopic (exact) mass is 585 g/mol. The second kappa shape index (κ2) is 13.3. The average Bonchev–Trinajstić information content (AvgIpc) is 3.43. The van der Waals surface area contributed by atoms with Crippen LogP contribution in [0.5, 0.6) is 0 Å². The Bertz CT molecular complexity index is 1430. The van der Waals surface area contributed by atoms with Crippen LogP contribution >= 0.6 is 11.6 Å². The van der Waals surface area contributed by atoms with Crippen LogP contribution in [-0.4, -0.2) is 50.0 Å². The fraction of sp³-hybridized carbons (Fsp3) is 0.333. The number of amides is 2. The second-order valence-electron chi connectivity index (χ2n) is 10.0. The van der Waals surface area contributed by atoms with Gasteiger partial charge in [-0.3, -0.25) is 13.9 Å². The standard InChI is InChI=1S/C30H33ClFN3O4S/c1-40(38,39)35(27-18-10-8-16-25(27)31)21-29(36)34(20-23-13-5-9-17-26(23)32)28(19-22-11-3-2-4-12-22)30(37)33-24-14-6-7-15-24/h2-5,8-13,16-18,24,28H,6-7,14-15,19-21H2,1H3,(H,33,37)/t28-/m0/s1. The summed E-state index contributed by atoms with van der Waals surface area (Å²) in [5.74, 6) is -1.54. The van der Waals surface area contributed by atoms with E-state index in [-0.39, 0.29) is 41.2 Å². The van der Waals surface area contributed by atoms with Crippen LogP contribution in [0.1, 0.15) is 36.8 Å². The van der Waals surface area contributed by atoms with Gasteiger partial charge >= 0.3 is 0 Å². The molecule has 4 rings (SSSR count). The summed E-state index contributed by atoms with van der Waals surface area (Å²) in [6, 6.07) is 20.6. The van der Waals surface area contributed by atoms with Crippen LogP contribution in [0, 0.1) is 5.82 Å². The van der Waals surface area contributed by atoms with Crippen LogP contribution in [0.25, 0.3) is 0 Å². The molecule has 1 fully saturated rings. The molecule has 1 aliphatic carbocycles. The summed E-state index contributed by atoms with van der Waals surface area (Å²) in [5.41, 5.74) is 1.17. The van der Waals surface area contributed by atoms with E-state index in [1.165, 1.54) is 23.1 Å². The minimum Gasteiger partial charge on any atom is -0.352 e. The van der Waals surface area contributed by atoms with Crippen molar-refractivity contribution in [2.24, 2.45) is 0 Å². The molecule has 0 aliphatic heterocycles. The molecule has 1 aliphatic rings. The summed E-state index contributed by atoms with van der Waals surface area (Å²) in [6.07, 6.45) is 4.86. The summed E-state index contributed by atoms with van der Waals surface area (Å²) >= 11 is 6.31. The lowest BCUT2D eigenvalue weighted by molar-refractivity contribution is -0.140. The zero-order valence-corrected chi connectivity index (χ0v) is 23.9. The topological polar surface area (TPSA) is 86.8 Å². The van der Waals surface area contributed by atoms with Crippen molar-refractivity contribution in [1.82, 2.24) is 10.2 Å². The Kier molecular flexibility index (Phi) is 9.81. The Morgan fingerprint density at radius 2 is 1.60 bits per heavy atom. The number of nitrogens with zero attached hydrogens (tertiary/aromatic N) is 2. The zero-order valence-electron chi connectivity index (χ0n) is 22.3. The van der Waals surface area contributed by atoms with E-state index in [0.717, 1.165) is 41.8 Å². The first-order valence-corrected chi connectivity index (χ1v) is 15.5. The van der Waals surface area contributed by atoms with Crippen LogP contribution in [0.3, 0.4) is 0 Å². The van der Waals surface area contributed by atoms with E-state index < -0.39 is 34.3 Å². The molecule has 212 valence electrons. The summed E-state index contributed by atoms with van der Waals surface area (Å²) in [6.45, 7) is -0.833. The zero-order chi connectivity index (χ0) is 28.7. The molecule has 0 unspecified atom stereocenters. The molecule has 1 saturated carbocycles. The third kappa shape index (κ3) is 7.61. The maximum Gasteiger partial charge on any atom is 0.244 e. The van der Waals surface area contributed by atoms with Gasteiger partial charge in [-0.15, -0.1) is 0 Å². The molecule has 0 aromatic heterocycles. The molecule has 0 bridgehead atoms. The molecule has 0 radical (unpaired) electrons. The molecule has 0 spiro atoms. The van der Waals surface area contributed by atoms with Gasteiger partial charge < -0.3 is 10.2 Å². The summed E-state index contributed by atoms with van der Waals surface area (Å²) < 4.78 is 41.4. The van der Waals surface area contributed by atoms with Crippen LogP contribution in [0.15, 0.2) is 78.9 Å². The molecule has 10 heteroatoms. The molecular formula is C30H33ClFN3O4S. The highest BCUT2D eigenvalue weighted by Gasteiger charge is 2.35. The predicted molar refractivity (Wildman–Crippen MR) is 155 cm³/mol. The van der Waals surface area contributed by atoms with Crippen LogP contribution in [0.4, 0.5) is 10.1 Å². The number of halogens is 2. The lowest BCUT2D eigenvalue weighted by Gasteiger charge is -2.34. The van der Waals surface area contributed by atoms with Crippen molar-refractivity contribution < 1.29 is 22.4 Å². The van der Waals surface area contributed by atoms with Crippen molar-refractivity contribution in [2.45, 2.75) is 50.7 Å². The van der Waals surface area contributed by atoms with Crippen molar-refractivity contribution in [3.05, 3.63) is 101 Å². The van der Waals surface area contributed by atoms with E-state index in [1.807, 2.05) is 30.3 Å². The number of rotatable bonds is 11. The van der Waals surface area contributed by atoms with Gasteiger partial charge in [0, 0.05) is 24.6 Å². The van der Waals surface area contributed by atoms with E-state index in [2.05, 4.69) is 5.32 Å². The average molecular weight is 586 g/mol. The molecule has 40 heavy (non-hydrogen) atoms. The summed E-state index contributed by atoms with van der Waals surface area (Å²) in [4.78, 5) is 29.1. The Labute approximate surface area is 240 Å². The van der Waals surface area contributed by atoms with Gasteiger partial charge in [-0.25, -0.2) is 12.8 Å². The first-order valence-electron chi connectivity index (χ1n) is 13.2. The van der Waals surface area contributed by atoms with Crippen molar-refractivity contribution in [1.29, 1.82) is 0 Å². The van der Waals surface area contributed by atoms with E-state index in [4.69, 9.17) is 11.6 Å². The number of benzene rings is 3. The van der Waals surface area contributed by atoms with Crippen LogP contribution in [0.2, 0.25) is 5.02 Å². The third-order valence-corrected chi connectivity index (χ3v) is 8.52. The molecule has 0 heterocycles. The van der Waals surface area contributed by atoms with E-state index in [0.29, 0.717) is 0 Å². The molecule has 3 aromatic carbocycles. The van der Waals surface area contributed by atoms with Gasteiger partial charge in [0.05, 0.1) is 17.0 Å². The number of sulfonamides is 1. The first kappa shape index (κ1) is 29.6. The molecule has 0 saturated heterocycles. The number of para-hydroxylation sites is 1.